The number of aliphatic imine (C=N–C) groups is 1. The number of carbonyl (C=O) groups excluding carboxylic acids is 6. The van der Waals surface area contributed by atoms with Gasteiger partial charge in [0.05, 0.1) is 48.9 Å². The van der Waals surface area contributed by atoms with Gasteiger partial charge in [-0.15, -0.1) is 0 Å². The van der Waals surface area contributed by atoms with E-state index in [1.165, 1.54) is 42.6 Å². The maximum atomic E-state index is 14.0. The first kappa shape index (κ1) is 94.8. The highest BCUT2D eigenvalue weighted by atomic mass is 32.2. The Bertz CT molecular complexity index is 4780. The van der Waals surface area contributed by atoms with Gasteiger partial charge in [-0.2, -0.15) is 16.7 Å². The van der Waals surface area contributed by atoms with Crippen LogP contribution in [0.2, 0.25) is 12.6 Å². The maximum absolute atomic E-state index is 14.0. The molecule has 652 valence electrons. The van der Waals surface area contributed by atoms with E-state index >= 15 is 0 Å². The number of ether oxygens (including phenoxy) is 5. The third-order valence-electron chi connectivity index (χ3n) is 21.0. The van der Waals surface area contributed by atoms with Crippen LogP contribution in [0.4, 0.5) is 11.6 Å². The second-order valence-corrected chi connectivity index (χ2v) is 37.9. The lowest BCUT2D eigenvalue weighted by Crippen LogP contribution is -2.56. The number of hydrogen-bond acceptors (Lipinski definition) is 27. The van der Waals surface area contributed by atoms with Crippen LogP contribution in [0.3, 0.4) is 0 Å². The average molecular weight is 1720 g/mol. The van der Waals surface area contributed by atoms with Crippen molar-refractivity contribution in [1.29, 1.82) is 0 Å². The number of esters is 2. The number of thioether (sulfide) groups is 1. The normalized spacial score (nSPS) is 22.8. The van der Waals surface area contributed by atoms with Crippen LogP contribution in [0.25, 0.3) is 17.2 Å². The average Bonchev–Trinajstić information content (AvgIpc) is 1.58. The molecule has 4 amide bonds. The molecule has 0 saturated carbocycles. The van der Waals surface area contributed by atoms with Crippen molar-refractivity contribution in [2.24, 2.45) is 34.2 Å². The van der Waals surface area contributed by atoms with E-state index in [4.69, 9.17) is 49.7 Å². The summed E-state index contributed by atoms with van der Waals surface area (Å²) in [5.74, 6) is -9.63. The van der Waals surface area contributed by atoms with Crippen molar-refractivity contribution in [3.8, 4) is 0 Å². The highest BCUT2D eigenvalue weighted by Gasteiger charge is 2.60. The molecule has 4 aliphatic rings. The number of guanidine groups is 1. The molecule has 9 rings (SSSR count). The van der Waals surface area contributed by atoms with Crippen LogP contribution in [0.15, 0.2) is 123 Å². The lowest BCUT2D eigenvalue weighted by molar-refractivity contribution is -0.159. The molecule has 3 saturated heterocycles. The summed E-state index contributed by atoms with van der Waals surface area (Å²) in [5.41, 5.74) is 18.8. The van der Waals surface area contributed by atoms with E-state index in [9.17, 15) is 71.7 Å². The van der Waals surface area contributed by atoms with E-state index < -0.39 is 139 Å². The van der Waals surface area contributed by atoms with Gasteiger partial charge >= 0.3 is 29.8 Å². The van der Waals surface area contributed by atoms with Gasteiger partial charge in [0, 0.05) is 80.2 Å². The summed E-state index contributed by atoms with van der Waals surface area (Å²) in [6.07, 6.45) is 13.4. The minimum atomic E-state index is -3.35. The largest absolute Gasteiger partial charge is 0.481 e. The van der Waals surface area contributed by atoms with E-state index in [2.05, 4.69) is 127 Å². The minimum Gasteiger partial charge on any atom is -0.481 e. The topological polar surface area (TPSA) is 559 Å². The van der Waals surface area contributed by atoms with Crippen molar-refractivity contribution in [3.63, 3.8) is 0 Å². The van der Waals surface area contributed by atoms with Crippen LogP contribution in [0, 0.1) is 24.7 Å². The fourth-order valence-corrected chi connectivity index (χ4v) is 19.8. The Morgan fingerprint density at radius 2 is 1.57 bits per heavy atom. The summed E-state index contributed by atoms with van der Waals surface area (Å²) in [5, 5.41) is 42.3. The number of carboxylic acid groups (broad SMARTS) is 3. The molecule has 7 heterocycles. The summed E-state index contributed by atoms with van der Waals surface area (Å²) in [6, 6.07) is 10.8. The van der Waals surface area contributed by atoms with Crippen LogP contribution in [-0.2, 0) is 82.8 Å². The highest BCUT2D eigenvalue weighted by Crippen LogP contribution is 2.47. The Morgan fingerprint density at radius 3 is 2.23 bits per heavy atom. The van der Waals surface area contributed by atoms with Gasteiger partial charge in [-0.25, -0.2) is 37.8 Å². The van der Waals surface area contributed by atoms with Crippen LogP contribution in [0.5, 0.6) is 0 Å². The molecule has 2 bridgehead atoms. The molecule has 0 spiro atoms. The molecule has 120 heavy (non-hydrogen) atoms. The summed E-state index contributed by atoms with van der Waals surface area (Å²) in [6.45, 7) is 18.2. The van der Waals surface area contributed by atoms with Crippen LogP contribution in [0.1, 0.15) is 140 Å². The molecule has 5 unspecified atom stereocenters. The first-order valence-corrected chi connectivity index (χ1v) is 45.2. The number of aryl methyl sites for hydroxylation is 1. The minimum absolute atomic E-state index is 0.00255. The molecule has 15 N–H and O–H groups in total. The Hall–Kier alpha value is -10.7. The number of nitrogens with one attached hydrogen (secondary N) is 6. The molecule has 4 aliphatic heterocycles. The third kappa shape index (κ3) is 28.5. The number of hydrogen-bond donors (Lipinski definition) is 12. The number of H-pyrrole nitrogens is 1. The van der Waals surface area contributed by atoms with Crippen molar-refractivity contribution in [2.45, 2.75) is 211 Å². The number of methoxy groups -OCH3 is 1. The summed E-state index contributed by atoms with van der Waals surface area (Å²) in [7, 11) is -4.18. The number of cyclic esters (lactones) is 1. The molecule has 39 heteroatoms. The van der Waals surface area contributed by atoms with Gasteiger partial charge in [0.25, 0.3) is 11.5 Å². The van der Waals surface area contributed by atoms with Crippen molar-refractivity contribution in [2.75, 3.05) is 47.7 Å². The Kier molecular flexibility index (Phi) is 34.8. The molecule has 36 nitrogen and oxygen atoms in total. The molecule has 3 fully saturated rings. The Balaban J connectivity index is 0.000000301. The number of fused-ring (bicyclic) bond motifs is 5. The second-order valence-electron chi connectivity index (χ2n) is 30.5. The molecule has 0 aliphatic carbocycles. The number of nitrogen functional groups attached to an aromatic ring is 1. The number of aromatic amines is 1. The van der Waals surface area contributed by atoms with Gasteiger partial charge in [0.1, 0.15) is 60.0 Å². The van der Waals surface area contributed by atoms with E-state index in [0.29, 0.717) is 36.5 Å². The smallest absolute Gasteiger partial charge is 0.338 e. The van der Waals surface area contributed by atoms with E-state index in [1.54, 1.807) is 13.4 Å². The zero-order chi connectivity index (χ0) is 87.8. The summed E-state index contributed by atoms with van der Waals surface area (Å²) in [4.78, 5) is 150. The molecular weight excluding hydrogens is 1610 g/mol. The first-order chi connectivity index (χ1) is 56.9. The van der Waals surface area contributed by atoms with Crippen LogP contribution < -0.4 is 54.5 Å². The Labute approximate surface area is 700 Å². The van der Waals surface area contributed by atoms with Gasteiger partial charge < -0.3 is 91.6 Å². The van der Waals surface area contributed by atoms with E-state index in [-0.39, 0.29) is 126 Å². The zero-order valence-electron chi connectivity index (χ0n) is 68.8. The lowest BCUT2D eigenvalue weighted by atomic mass is 9.84. The standard InChI is InChI=1S/C45H61NO9Si.C36H49N13O13S2/c1-10-21-56(9,35-17-12-11-13-18-35)55-40-26-37(31(5)42(49-8)30(4)16-14-15-28(2)22-34-27-50-32(6)46-34)53-44(48)43-38(52-43)24-33-23-36(51-41(47)25-33)29(3)19-20-39-45(40,7)54-39;1-2-64(61,62)13-12-63-17-24(34(59)60)47-31(55)23(14-26(51)52)46-30(54)21(4-3-11-40-35(37)38)44-25(50)10-9-22(33(57)58)45-29(53)18-5-7-19(8-6-18)41-15-20-16-42-28-27(43-20)32(56)49-36(39)48-28/h11-20,22,27,29,31,33,36-40,42-43H,10,21,23-26H2,1-9H3;5-8,16,21-24,41H,2-4,9-15,17H2,1H3,(H,44,50)(H,45,53)(H,46,54)(H,47,55)(H,51,52)(H,57,58)(H,59,60)(H4,37,38,40)(H3,39,42,48,49,56)/b15-14+,20-19+,28-22+,30-16+;/t29-,31+,33+,36-,37+,38+,39-,40+,42+,43-,45+,56?;/m1./s1. The van der Waals surface area contributed by atoms with Crippen LogP contribution >= 0.6 is 11.8 Å². The van der Waals surface area contributed by atoms with Gasteiger partial charge in [0.2, 0.25) is 32.0 Å². The molecule has 16 atom stereocenters. The number of benzene rings is 2. The molecular formula is C81H110N14O22S2Si. The van der Waals surface area contributed by atoms with Crippen LogP contribution in [-0.4, -0.2) is 226 Å². The predicted molar refractivity (Wildman–Crippen MR) is 449 cm³/mol. The number of carboxylic acids is 3. The van der Waals surface area contributed by atoms with Crippen molar-refractivity contribution in [1.82, 2.24) is 46.2 Å². The number of anilines is 2. The number of aromatic nitrogens is 5. The third-order valence-corrected chi connectivity index (χ3v) is 27.8. The number of rotatable bonds is 39. The summed E-state index contributed by atoms with van der Waals surface area (Å²) < 4.78 is 67.4. The SMILES string of the molecule is CCC[Si](C)(O[C@H]1C[C@@H]([C@H](C)[C@@H](OC)/C(C)=C/C=C/C(C)=C/c2coc(C)n2)OC(=O)[C@@H]2O[C@H]2C[C@H]2CC(=O)O[C@H](C2)[C@H](C)/C=C/[C@H]2O[C@]12C)c1ccccc1.CCS(=O)(=O)CCSCC(NC(=O)C(CC(=O)O)NC(=O)C(CCCN=C(N)N)NC(=O)CCC(NC(=O)c1ccc(NCc2cnc3nc(N)[nH]c(=O)c3n2)cc1)C(=O)O)C(=O)O. The number of amides is 4. The van der Waals surface area contributed by atoms with E-state index in [0.717, 1.165) is 47.5 Å². The summed E-state index contributed by atoms with van der Waals surface area (Å²) >= 11 is 0.919. The lowest BCUT2D eigenvalue weighted by Gasteiger charge is -2.38. The number of sulfone groups is 1. The van der Waals surface area contributed by atoms with Crippen molar-refractivity contribution < 1.29 is 99.4 Å². The number of nitrogens with two attached hydrogens (primary N) is 3. The van der Waals surface area contributed by atoms with Gasteiger partial charge in [-0.05, 0) is 118 Å². The number of epoxide rings is 2. The molecule has 5 aromatic rings. The van der Waals surface area contributed by atoms with Crippen molar-refractivity contribution >= 4 is 123 Å². The molecule has 2 aromatic carbocycles. The highest BCUT2D eigenvalue weighted by molar-refractivity contribution is 8.00. The van der Waals surface area contributed by atoms with E-state index in [1.807, 2.05) is 51.1 Å². The molecule has 3 aromatic heterocycles. The number of nitrogens with zero attached hydrogens (tertiary/aromatic N) is 5. The Morgan fingerprint density at radius 1 is 0.875 bits per heavy atom. The number of carbonyl (C=O) groups is 9. The second kappa shape index (κ2) is 44.0. The number of oxazole rings is 1. The monoisotopic (exact) mass is 1720 g/mol. The first-order valence-electron chi connectivity index (χ1n) is 39.6. The number of allylic oxidation sites excluding steroid dienone is 4. The van der Waals surface area contributed by atoms with Crippen molar-refractivity contribution in [3.05, 3.63) is 142 Å². The quantitative estimate of drug-likeness (QED) is 0.00357. The van der Waals surface area contributed by atoms with Gasteiger partial charge in [-0.1, -0.05) is 94.8 Å². The zero-order valence-corrected chi connectivity index (χ0v) is 71.4. The fraction of sp³-hybridized carbons (Fsp3) is 0.519. The maximum Gasteiger partial charge on any atom is 0.338 e. The van der Waals surface area contributed by atoms with Gasteiger partial charge in [0.15, 0.2) is 39.0 Å². The number of aliphatic carboxylic acids is 3. The van der Waals surface area contributed by atoms with Gasteiger partial charge in [-0.3, -0.25) is 43.5 Å². The molecule has 0 radical (unpaired) electrons. The predicted octanol–water partition coefficient (Wildman–Crippen LogP) is 5.07. The fourth-order valence-electron chi connectivity index (χ4n) is 14.1.